The van der Waals surface area contributed by atoms with Crippen LogP contribution in [0.2, 0.25) is 0 Å². The molecule has 3 aromatic rings. The van der Waals surface area contributed by atoms with Crippen molar-refractivity contribution in [1.82, 2.24) is 4.98 Å². The van der Waals surface area contributed by atoms with Crippen molar-refractivity contribution in [2.45, 2.75) is 13.8 Å². The fraction of sp³-hybridized carbons (Fsp3) is 0.118. The molecule has 0 aliphatic rings. The molecule has 0 spiro atoms. The van der Waals surface area contributed by atoms with Gasteiger partial charge in [0.2, 0.25) is 0 Å². The molecule has 94 valence electrons. The van der Waals surface area contributed by atoms with Crippen molar-refractivity contribution >= 4 is 16.7 Å². The van der Waals surface area contributed by atoms with Crippen molar-refractivity contribution in [1.29, 1.82) is 0 Å². The Morgan fingerprint density at radius 3 is 2.47 bits per heavy atom. The van der Waals surface area contributed by atoms with E-state index in [9.17, 15) is 4.79 Å². The molecule has 0 atom stereocenters. The van der Waals surface area contributed by atoms with E-state index in [1.165, 1.54) is 10.9 Å². The zero-order valence-electron chi connectivity index (χ0n) is 11.0. The predicted octanol–water partition coefficient (Wildman–Crippen LogP) is 4.35. The standard InChI is InChI=1S/C17H15NO/c1-11-9-13(3-5-16(11)12(2)19)14-4-6-17-15(10-14)7-8-18-17/h3-10,18H,1-2H3. The molecule has 0 bridgehead atoms. The summed E-state index contributed by atoms with van der Waals surface area (Å²) in [6.07, 6.45) is 1.94. The lowest BCUT2D eigenvalue weighted by Gasteiger charge is -2.07. The van der Waals surface area contributed by atoms with Gasteiger partial charge in [0.1, 0.15) is 0 Å². The molecule has 0 saturated heterocycles. The largest absolute Gasteiger partial charge is 0.361 e. The first-order valence-electron chi connectivity index (χ1n) is 6.34. The average molecular weight is 249 g/mol. The Morgan fingerprint density at radius 2 is 1.74 bits per heavy atom. The topological polar surface area (TPSA) is 32.9 Å². The predicted molar refractivity (Wildman–Crippen MR) is 78.5 cm³/mol. The van der Waals surface area contributed by atoms with Crippen LogP contribution in [0.3, 0.4) is 0 Å². The van der Waals surface area contributed by atoms with E-state index in [4.69, 9.17) is 0 Å². The minimum absolute atomic E-state index is 0.116. The number of carbonyl (C=O) groups excluding carboxylic acids is 1. The summed E-state index contributed by atoms with van der Waals surface area (Å²) < 4.78 is 0. The molecule has 2 heteroatoms. The minimum atomic E-state index is 0.116. The molecule has 0 fully saturated rings. The Kier molecular flexibility index (Phi) is 2.71. The number of benzene rings is 2. The summed E-state index contributed by atoms with van der Waals surface area (Å²) in [6.45, 7) is 3.59. The van der Waals surface area contributed by atoms with Crippen LogP contribution in [0.15, 0.2) is 48.7 Å². The average Bonchev–Trinajstić information content (AvgIpc) is 2.85. The van der Waals surface area contributed by atoms with Crippen molar-refractivity contribution in [3.63, 3.8) is 0 Å². The van der Waals surface area contributed by atoms with Gasteiger partial charge in [0.25, 0.3) is 0 Å². The maximum Gasteiger partial charge on any atom is 0.160 e. The third-order valence-electron chi connectivity index (χ3n) is 3.49. The first-order valence-corrected chi connectivity index (χ1v) is 6.34. The van der Waals surface area contributed by atoms with Crippen LogP contribution in [0, 0.1) is 6.92 Å². The van der Waals surface area contributed by atoms with Gasteiger partial charge in [-0.15, -0.1) is 0 Å². The Balaban J connectivity index is 2.10. The number of aryl methyl sites for hydroxylation is 1. The van der Waals surface area contributed by atoms with Crippen LogP contribution in [0.4, 0.5) is 0 Å². The Bertz CT molecular complexity index is 768. The van der Waals surface area contributed by atoms with E-state index in [1.807, 2.05) is 25.3 Å². The second-order valence-corrected chi connectivity index (χ2v) is 4.87. The highest BCUT2D eigenvalue weighted by Gasteiger charge is 2.06. The van der Waals surface area contributed by atoms with Crippen LogP contribution in [0.1, 0.15) is 22.8 Å². The van der Waals surface area contributed by atoms with Crippen LogP contribution < -0.4 is 0 Å². The fourth-order valence-corrected chi connectivity index (χ4v) is 2.47. The summed E-state index contributed by atoms with van der Waals surface area (Å²) in [5.41, 5.74) is 5.28. The Morgan fingerprint density at radius 1 is 1.00 bits per heavy atom. The summed E-state index contributed by atoms with van der Waals surface area (Å²) in [6, 6.07) is 14.4. The van der Waals surface area contributed by atoms with E-state index < -0.39 is 0 Å². The van der Waals surface area contributed by atoms with Crippen molar-refractivity contribution < 1.29 is 4.79 Å². The molecule has 0 radical (unpaired) electrons. The molecule has 2 aromatic carbocycles. The summed E-state index contributed by atoms with van der Waals surface area (Å²) in [5, 5.41) is 1.20. The number of rotatable bonds is 2. The number of Topliss-reactive ketones (excluding diaryl/α,β-unsaturated/α-hetero) is 1. The fourth-order valence-electron chi connectivity index (χ4n) is 2.47. The van der Waals surface area contributed by atoms with Gasteiger partial charge >= 0.3 is 0 Å². The molecule has 3 rings (SSSR count). The first-order chi connectivity index (χ1) is 9.15. The lowest BCUT2D eigenvalue weighted by Crippen LogP contribution is -1.95. The molecule has 1 heterocycles. The van der Waals surface area contributed by atoms with Crippen molar-refractivity contribution in [2.24, 2.45) is 0 Å². The van der Waals surface area contributed by atoms with E-state index in [-0.39, 0.29) is 5.78 Å². The second kappa shape index (κ2) is 4.39. The number of H-pyrrole nitrogens is 1. The van der Waals surface area contributed by atoms with Gasteiger partial charge in [0, 0.05) is 17.3 Å². The molecular weight excluding hydrogens is 234 g/mol. The van der Waals surface area contributed by atoms with Gasteiger partial charge in [0.05, 0.1) is 0 Å². The number of carbonyl (C=O) groups is 1. The first kappa shape index (κ1) is 11.7. The van der Waals surface area contributed by atoms with Gasteiger partial charge in [-0.2, -0.15) is 0 Å². The normalized spacial score (nSPS) is 10.8. The molecule has 0 amide bonds. The van der Waals surface area contributed by atoms with Gasteiger partial charge < -0.3 is 4.98 Å². The van der Waals surface area contributed by atoms with E-state index in [1.54, 1.807) is 6.92 Å². The number of hydrogen-bond acceptors (Lipinski definition) is 1. The Labute approximate surface area is 112 Å². The summed E-state index contributed by atoms with van der Waals surface area (Å²) in [5.74, 6) is 0.116. The number of hydrogen-bond donors (Lipinski definition) is 1. The third kappa shape index (κ3) is 2.06. The van der Waals surface area contributed by atoms with Gasteiger partial charge in [-0.05, 0) is 54.1 Å². The molecular formula is C17H15NO. The second-order valence-electron chi connectivity index (χ2n) is 4.87. The minimum Gasteiger partial charge on any atom is -0.361 e. The molecule has 2 nitrogen and oxygen atoms in total. The molecule has 0 unspecified atom stereocenters. The highest BCUT2D eigenvalue weighted by molar-refractivity contribution is 5.96. The van der Waals surface area contributed by atoms with E-state index in [2.05, 4.69) is 35.3 Å². The number of aromatic nitrogens is 1. The van der Waals surface area contributed by atoms with Crippen molar-refractivity contribution in [3.05, 3.63) is 59.8 Å². The summed E-state index contributed by atoms with van der Waals surface area (Å²) in [4.78, 5) is 14.6. The van der Waals surface area contributed by atoms with E-state index in [0.717, 1.165) is 22.2 Å². The SMILES string of the molecule is CC(=O)c1ccc(-c2ccc3[nH]ccc3c2)cc1C. The van der Waals surface area contributed by atoms with Crippen molar-refractivity contribution in [3.8, 4) is 11.1 Å². The van der Waals surface area contributed by atoms with Crippen LogP contribution in [0.25, 0.3) is 22.0 Å². The molecule has 0 aliphatic carbocycles. The monoisotopic (exact) mass is 249 g/mol. The highest BCUT2D eigenvalue weighted by atomic mass is 16.1. The molecule has 0 saturated carbocycles. The Hall–Kier alpha value is -2.35. The van der Waals surface area contributed by atoms with Gasteiger partial charge in [0.15, 0.2) is 5.78 Å². The lowest BCUT2D eigenvalue weighted by atomic mass is 9.97. The van der Waals surface area contributed by atoms with Crippen LogP contribution in [-0.2, 0) is 0 Å². The number of ketones is 1. The maximum atomic E-state index is 11.4. The molecule has 1 aromatic heterocycles. The van der Waals surface area contributed by atoms with E-state index >= 15 is 0 Å². The number of aromatic amines is 1. The maximum absolute atomic E-state index is 11.4. The summed E-state index contributed by atoms with van der Waals surface area (Å²) >= 11 is 0. The zero-order valence-corrected chi connectivity index (χ0v) is 11.0. The van der Waals surface area contributed by atoms with Crippen LogP contribution in [0.5, 0.6) is 0 Å². The molecule has 0 aliphatic heterocycles. The summed E-state index contributed by atoms with van der Waals surface area (Å²) in [7, 11) is 0. The molecule has 1 N–H and O–H groups in total. The van der Waals surface area contributed by atoms with E-state index in [0.29, 0.717) is 0 Å². The van der Waals surface area contributed by atoms with Gasteiger partial charge in [-0.1, -0.05) is 24.3 Å². The smallest absolute Gasteiger partial charge is 0.160 e. The van der Waals surface area contributed by atoms with Gasteiger partial charge in [-0.25, -0.2) is 0 Å². The van der Waals surface area contributed by atoms with Gasteiger partial charge in [-0.3, -0.25) is 4.79 Å². The quantitative estimate of drug-likeness (QED) is 0.673. The number of nitrogens with one attached hydrogen (secondary N) is 1. The zero-order chi connectivity index (χ0) is 13.4. The highest BCUT2D eigenvalue weighted by Crippen LogP contribution is 2.26. The van der Waals surface area contributed by atoms with Crippen LogP contribution >= 0.6 is 0 Å². The van der Waals surface area contributed by atoms with Crippen LogP contribution in [-0.4, -0.2) is 10.8 Å². The lowest BCUT2D eigenvalue weighted by molar-refractivity contribution is 0.101. The number of fused-ring (bicyclic) bond motifs is 1. The van der Waals surface area contributed by atoms with Crippen molar-refractivity contribution in [2.75, 3.05) is 0 Å². The third-order valence-corrected chi connectivity index (χ3v) is 3.49. The molecule has 19 heavy (non-hydrogen) atoms.